The first-order valence-corrected chi connectivity index (χ1v) is 5.64. The first-order valence-electron chi connectivity index (χ1n) is 5.64. The van der Waals surface area contributed by atoms with E-state index in [2.05, 4.69) is 4.98 Å². The molecule has 0 saturated carbocycles. The predicted molar refractivity (Wildman–Crippen MR) is 65.0 cm³/mol. The zero-order valence-electron chi connectivity index (χ0n) is 10.1. The maximum absolute atomic E-state index is 11.9. The van der Waals surface area contributed by atoms with Crippen LogP contribution in [0.15, 0.2) is 12.3 Å². The quantitative estimate of drug-likeness (QED) is 0.826. The van der Waals surface area contributed by atoms with Crippen LogP contribution >= 0.6 is 0 Å². The van der Waals surface area contributed by atoms with Crippen LogP contribution < -0.4 is 15.4 Å². The Bertz CT molecular complexity index is 509. The van der Waals surface area contributed by atoms with E-state index in [1.807, 2.05) is 6.07 Å². The van der Waals surface area contributed by atoms with E-state index in [1.165, 1.54) is 18.2 Å². The molecule has 6 nitrogen and oxygen atoms in total. The monoisotopic (exact) mass is 246 g/mol. The van der Waals surface area contributed by atoms with Crippen LogP contribution in [0.5, 0.6) is 5.75 Å². The molecule has 6 heteroatoms. The zero-order valence-corrected chi connectivity index (χ0v) is 10.1. The molecule has 1 aromatic rings. The number of nitriles is 1. The number of nitrogens with two attached hydrogens (primary N) is 1. The van der Waals surface area contributed by atoms with E-state index in [9.17, 15) is 4.79 Å². The van der Waals surface area contributed by atoms with Crippen LogP contribution in [0.25, 0.3) is 0 Å². The molecule has 1 saturated heterocycles. The van der Waals surface area contributed by atoms with Crippen molar-refractivity contribution in [2.45, 2.75) is 6.42 Å². The van der Waals surface area contributed by atoms with Crippen molar-refractivity contribution >= 4 is 11.7 Å². The number of methoxy groups -OCH3 is 1. The molecule has 2 rings (SSSR count). The Morgan fingerprint density at radius 2 is 2.50 bits per heavy atom. The molecule has 1 aromatic heterocycles. The molecule has 0 aliphatic carbocycles. The van der Waals surface area contributed by atoms with E-state index in [-0.39, 0.29) is 17.4 Å². The zero-order chi connectivity index (χ0) is 13.1. The Morgan fingerprint density at radius 1 is 1.72 bits per heavy atom. The number of hydrogen-bond acceptors (Lipinski definition) is 5. The standard InChI is InChI=1S/C12H14N4O2/c1-18-10-2-3-15-12(9(10)6-14)16-7-8(5-13)4-11(16)17/h2-3,8H,4-5,7,13H2,1H3. The van der Waals surface area contributed by atoms with Gasteiger partial charge in [-0.05, 0) is 18.5 Å². The molecule has 1 amide bonds. The number of hydrogen-bond donors (Lipinski definition) is 1. The molecule has 2 heterocycles. The number of anilines is 1. The fraction of sp³-hybridized carbons (Fsp3) is 0.417. The molecule has 1 fully saturated rings. The number of carbonyl (C=O) groups is 1. The van der Waals surface area contributed by atoms with Crippen molar-refractivity contribution in [3.05, 3.63) is 17.8 Å². The highest BCUT2D eigenvalue weighted by Crippen LogP contribution is 2.30. The number of ether oxygens (including phenoxy) is 1. The number of nitrogens with zero attached hydrogens (tertiary/aromatic N) is 3. The molecular weight excluding hydrogens is 232 g/mol. The average Bonchev–Trinajstić information content (AvgIpc) is 2.78. The Hall–Kier alpha value is -2.13. The maximum atomic E-state index is 11.9. The van der Waals surface area contributed by atoms with Gasteiger partial charge in [-0.3, -0.25) is 9.69 Å². The Morgan fingerprint density at radius 3 is 3.06 bits per heavy atom. The lowest BCUT2D eigenvalue weighted by Gasteiger charge is -2.17. The highest BCUT2D eigenvalue weighted by Gasteiger charge is 2.32. The van der Waals surface area contributed by atoms with Gasteiger partial charge in [-0.25, -0.2) is 4.98 Å². The van der Waals surface area contributed by atoms with Gasteiger partial charge in [0.2, 0.25) is 5.91 Å². The van der Waals surface area contributed by atoms with Gasteiger partial charge in [0.1, 0.15) is 17.4 Å². The van der Waals surface area contributed by atoms with E-state index < -0.39 is 0 Å². The van der Waals surface area contributed by atoms with E-state index in [4.69, 9.17) is 15.7 Å². The highest BCUT2D eigenvalue weighted by atomic mass is 16.5. The lowest BCUT2D eigenvalue weighted by molar-refractivity contribution is -0.117. The lowest BCUT2D eigenvalue weighted by Crippen LogP contribution is -2.27. The molecule has 0 aromatic carbocycles. The fourth-order valence-corrected chi connectivity index (χ4v) is 2.06. The minimum Gasteiger partial charge on any atom is -0.495 e. The van der Waals surface area contributed by atoms with Crippen molar-refractivity contribution in [1.82, 2.24) is 4.98 Å². The van der Waals surface area contributed by atoms with Crippen LogP contribution in [-0.4, -0.2) is 31.1 Å². The Balaban J connectivity index is 2.40. The summed E-state index contributed by atoms with van der Waals surface area (Å²) < 4.78 is 5.10. The van der Waals surface area contributed by atoms with Crippen LogP contribution in [0.2, 0.25) is 0 Å². The summed E-state index contributed by atoms with van der Waals surface area (Å²) in [5, 5.41) is 9.17. The van der Waals surface area contributed by atoms with Gasteiger partial charge in [0.25, 0.3) is 0 Å². The molecule has 1 aliphatic rings. The topological polar surface area (TPSA) is 92.2 Å². The SMILES string of the molecule is COc1ccnc(N2CC(CN)CC2=O)c1C#N. The molecule has 1 aliphatic heterocycles. The minimum absolute atomic E-state index is 0.0531. The molecule has 1 atom stereocenters. The summed E-state index contributed by atoms with van der Waals surface area (Å²) in [6, 6.07) is 3.63. The van der Waals surface area contributed by atoms with Gasteiger partial charge >= 0.3 is 0 Å². The second-order valence-electron chi connectivity index (χ2n) is 4.13. The van der Waals surface area contributed by atoms with Crippen molar-refractivity contribution in [3.8, 4) is 11.8 Å². The van der Waals surface area contributed by atoms with Crippen molar-refractivity contribution in [2.24, 2.45) is 11.7 Å². The Labute approximate surface area is 105 Å². The van der Waals surface area contributed by atoms with Crippen LogP contribution in [0, 0.1) is 17.2 Å². The number of carbonyl (C=O) groups excluding carboxylic acids is 1. The molecule has 0 bridgehead atoms. The normalized spacial score (nSPS) is 18.8. The third-order valence-electron chi connectivity index (χ3n) is 3.02. The summed E-state index contributed by atoms with van der Waals surface area (Å²) in [7, 11) is 1.48. The summed E-state index contributed by atoms with van der Waals surface area (Å²) in [6.45, 7) is 0.957. The summed E-state index contributed by atoms with van der Waals surface area (Å²) in [4.78, 5) is 17.5. The Kier molecular flexibility index (Phi) is 3.44. The molecule has 18 heavy (non-hydrogen) atoms. The molecule has 94 valence electrons. The summed E-state index contributed by atoms with van der Waals surface area (Å²) in [6.07, 6.45) is 1.93. The average molecular weight is 246 g/mol. The van der Waals surface area contributed by atoms with Gasteiger partial charge < -0.3 is 10.5 Å². The van der Waals surface area contributed by atoms with E-state index in [0.717, 1.165) is 0 Å². The van der Waals surface area contributed by atoms with Crippen molar-refractivity contribution in [2.75, 3.05) is 25.1 Å². The summed E-state index contributed by atoms with van der Waals surface area (Å²) >= 11 is 0. The van der Waals surface area contributed by atoms with Gasteiger partial charge in [0.15, 0.2) is 5.82 Å². The second-order valence-corrected chi connectivity index (χ2v) is 4.13. The van der Waals surface area contributed by atoms with Gasteiger partial charge in [0.05, 0.1) is 7.11 Å². The maximum Gasteiger partial charge on any atom is 0.228 e. The van der Waals surface area contributed by atoms with Gasteiger partial charge in [-0.1, -0.05) is 0 Å². The van der Waals surface area contributed by atoms with Gasteiger partial charge in [-0.2, -0.15) is 5.26 Å². The van der Waals surface area contributed by atoms with Gasteiger partial charge in [0, 0.05) is 19.2 Å². The third-order valence-corrected chi connectivity index (χ3v) is 3.02. The van der Waals surface area contributed by atoms with Crippen LogP contribution in [0.3, 0.4) is 0 Å². The number of rotatable bonds is 3. The molecule has 0 radical (unpaired) electrons. The second kappa shape index (κ2) is 5.02. The number of pyridine rings is 1. The van der Waals surface area contributed by atoms with Gasteiger partial charge in [-0.15, -0.1) is 0 Å². The third kappa shape index (κ3) is 2.00. The minimum atomic E-state index is -0.0531. The lowest BCUT2D eigenvalue weighted by atomic mass is 10.1. The molecule has 2 N–H and O–H groups in total. The summed E-state index contributed by atoms with van der Waals surface area (Å²) in [5.74, 6) is 0.851. The molecular formula is C12H14N4O2. The van der Waals surface area contributed by atoms with Crippen LogP contribution in [0.1, 0.15) is 12.0 Å². The smallest absolute Gasteiger partial charge is 0.228 e. The summed E-state index contributed by atoms with van der Waals surface area (Å²) in [5.41, 5.74) is 5.86. The molecule has 1 unspecified atom stereocenters. The number of aromatic nitrogens is 1. The first kappa shape index (κ1) is 12.3. The highest BCUT2D eigenvalue weighted by molar-refractivity contribution is 5.96. The van der Waals surface area contributed by atoms with Crippen molar-refractivity contribution in [1.29, 1.82) is 5.26 Å². The van der Waals surface area contributed by atoms with Crippen LogP contribution in [0.4, 0.5) is 5.82 Å². The largest absolute Gasteiger partial charge is 0.495 e. The van der Waals surface area contributed by atoms with E-state index in [0.29, 0.717) is 31.1 Å². The van der Waals surface area contributed by atoms with E-state index in [1.54, 1.807) is 6.07 Å². The number of amides is 1. The van der Waals surface area contributed by atoms with Crippen molar-refractivity contribution in [3.63, 3.8) is 0 Å². The first-order chi connectivity index (χ1) is 8.71. The molecule has 0 spiro atoms. The van der Waals surface area contributed by atoms with Crippen LogP contribution in [-0.2, 0) is 4.79 Å². The predicted octanol–water partition coefficient (Wildman–Crippen LogP) is 0.273. The van der Waals surface area contributed by atoms with Crippen molar-refractivity contribution < 1.29 is 9.53 Å². The van der Waals surface area contributed by atoms with E-state index >= 15 is 0 Å². The fourth-order valence-electron chi connectivity index (χ4n) is 2.06.